The fourth-order valence-corrected chi connectivity index (χ4v) is 3.04. The van der Waals surface area contributed by atoms with E-state index in [1.165, 1.54) is 17.4 Å². The maximum absolute atomic E-state index is 13.4. The molecule has 1 aromatic heterocycles. The normalized spacial score (nSPS) is 10.5. The molecule has 1 aromatic carbocycles. The Labute approximate surface area is 123 Å². The predicted octanol–water partition coefficient (Wildman–Crippen LogP) is 4.20. The molecule has 0 saturated carbocycles. The van der Waals surface area contributed by atoms with Crippen molar-refractivity contribution >= 4 is 33.2 Å². The second kappa shape index (κ2) is 5.84. The van der Waals surface area contributed by atoms with Crippen LogP contribution < -0.4 is 5.32 Å². The summed E-state index contributed by atoms with van der Waals surface area (Å²) < 4.78 is 14.3. The molecule has 0 aliphatic carbocycles. The quantitative estimate of drug-likeness (QED) is 0.890. The predicted molar refractivity (Wildman–Crippen MR) is 79.1 cm³/mol. The number of thiophene rings is 1. The largest absolute Gasteiger partial charge is 0.347 e. The zero-order chi connectivity index (χ0) is 14.0. The molecule has 0 saturated heterocycles. The molecular formula is C14H13BrFNOS. The summed E-state index contributed by atoms with van der Waals surface area (Å²) in [5.41, 5.74) is 2.40. The Morgan fingerprint density at radius 3 is 2.63 bits per heavy atom. The van der Waals surface area contributed by atoms with Crippen molar-refractivity contribution in [3.63, 3.8) is 0 Å². The van der Waals surface area contributed by atoms with Crippen molar-refractivity contribution in [2.24, 2.45) is 0 Å². The van der Waals surface area contributed by atoms with E-state index in [0.717, 1.165) is 14.9 Å². The fourth-order valence-electron chi connectivity index (χ4n) is 1.59. The average molecular weight is 342 g/mol. The SMILES string of the molecule is Cc1ccc(CNC(=O)c2cc(C)c(Br)s2)cc1F. The van der Waals surface area contributed by atoms with E-state index in [4.69, 9.17) is 0 Å². The van der Waals surface area contributed by atoms with Gasteiger partial charge in [0.15, 0.2) is 0 Å². The first kappa shape index (κ1) is 14.2. The monoisotopic (exact) mass is 341 g/mol. The number of halogens is 2. The van der Waals surface area contributed by atoms with Crippen molar-refractivity contribution in [3.05, 3.63) is 55.4 Å². The molecule has 100 valence electrons. The van der Waals surface area contributed by atoms with E-state index < -0.39 is 0 Å². The highest BCUT2D eigenvalue weighted by Gasteiger charge is 2.11. The number of amides is 1. The molecule has 1 N–H and O–H groups in total. The third-order valence-electron chi connectivity index (χ3n) is 2.77. The van der Waals surface area contributed by atoms with Crippen molar-refractivity contribution in [2.75, 3.05) is 0 Å². The van der Waals surface area contributed by atoms with Crippen LogP contribution in [0.25, 0.3) is 0 Å². The lowest BCUT2D eigenvalue weighted by Gasteiger charge is -2.05. The summed E-state index contributed by atoms with van der Waals surface area (Å²) in [7, 11) is 0. The highest BCUT2D eigenvalue weighted by molar-refractivity contribution is 9.11. The Kier molecular flexibility index (Phi) is 4.37. The van der Waals surface area contributed by atoms with Crippen LogP contribution in [0.5, 0.6) is 0 Å². The molecule has 0 bridgehead atoms. The van der Waals surface area contributed by atoms with Crippen LogP contribution in [0, 0.1) is 19.7 Å². The molecule has 0 fully saturated rings. The topological polar surface area (TPSA) is 29.1 Å². The number of benzene rings is 1. The van der Waals surface area contributed by atoms with Crippen LogP contribution in [0.2, 0.25) is 0 Å². The fraction of sp³-hybridized carbons (Fsp3) is 0.214. The summed E-state index contributed by atoms with van der Waals surface area (Å²) in [6, 6.07) is 6.81. The minimum atomic E-state index is -0.249. The molecule has 0 aliphatic heterocycles. The van der Waals surface area contributed by atoms with Gasteiger partial charge >= 0.3 is 0 Å². The standard InChI is InChI=1S/C14H13BrFNOS/c1-8-3-4-10(6-11(8)16)7-17-14(18)12-5-9(2)13(15)19-12/h3-6H,7H2,1-2H3,(H,17,18). The molecule has 0 radical (unpaired) electrons. The maximum atomic E-state index is 13.4. The molecule has 1 amide bonds. The van der Waals surface area contributed by atoms with Crippen LogP contribution >= 0.6 is 27.3 Å². The third kappa shape index (κ3) is 3.42. The summed E-state index contributed by atoms with van der Waals surface area (Å²) in [4.78, 5) is 12.6. The van der Waals surface area contributed by atoms with Gasteiger partial charge in [0.25, 0.3) is 5.91 Å². The van der Waals surface area contributed by atoms with Gasteiger partial charge in [-0.2, -0.15) is 0 Å². The number of aryl methyl sites for hydroxylation is 2. The average Bonchev–Trinajstić information content (AvgIpc) is 2.71. The molecule has 2 rings (SSSR count). The lowest BCUT2D eigenvalue weighted by atomic mass is 10.1. The third-order valence-corrected chi connectivity index (χ3v) is 4.91. The van der Waals surface area contributed by atoms with Gasteiger partial charge in [0.2, 0.25) is 0 Å². The summed E-state index contributed by atoms with van der Waals surface area (Å²) in [6.07, 6.45) is 0. The van der Waals surface area contributed by atoms with Crippen LogP contribution in [-0.4, -0.2) is 5.91 Å². The number of carbonyl (C=O) groups is 1. The van der Waals surface area contributed by atoms with Crippen molar-refractivity contribution in [2.45, 2.75) is 20.4 Å². The van der Waals surface area contributed by atoms with E-state index in [1.54, 1.807) is 13.0 Å². The summed E-state index contributed by atoms with van der Waals surface area (Å²) in [5, 5.41) is 2.79. The molecule has 0 aliphatic rings. The molecule has 0 spiro atoms. The van der Waals surface area contributed by atoms with Gasteiger partial charge in [0.1, 0.15) is 5.82 Å². The van der Waals surface area contributed by atoms with Crippen LogP contribution in [0.4, 0.5) is 4.39 Å². The molecular weight excluding hydrogens is 329 g/mol. The molecule has 5 heteroatoms. The second-order valence-electron chi connectivity index (χ2n) is 4.33. The Bertz CT molecular complexity index is 604. The second-order valence-corrected chi connectivity index (χ2v) is 6.70. The molecule has 1 heterocycles. The Morgan fingerprint density at radius 1 is 1.32 bits per heavy atom. The van der Waals surface area contributed by atoms with Gasteiger partial charge in [-0.05, 0) is 58.6 Å². The van der Waals surface area contributed by atoms with Gasteiger partial charge < -0.3 is 5.32 Å². The maximum Gasteiger partial charge on any atom is 0.261 e. The van der Waals surface area contributed by atoms with E-state index in [9.17, 15) is 9.18 Å². The molecule has 0 atom stereocenters. The highest BCUT2D eigenvalue weighted by atomic mass is 79.9. The summed E-state index contributed by atoms with van der Waals surface area (Å²) in [5.74, 6) is -0.388. The minimum Gasteiger partial charge on any atom is -0.347 e. The van der Waals surface area contributed by atoms with Crippen LogP contribution in [-0.2, 0) is 6.54 Å². The summed E-state index contributed by atoms with van der Waals surface area (Å²) in [6.45, 7) is 3.97. The van der Waals surface area contributed by atoms with Gasteiger partial charge in [0, 0.05) is 6.54 Å². The first-order valence-electron chi connectivity index (χ1n) is 5.76. The van der Waals surface area contributed by atoms with E-state index >= 15 is 0 Å². The number of rotatable bonds is 3. The zero-order valence-corrected chi connectivity index (χ0v) is 13.0. The molecule has 0 unspecified atom stereocenters. The van der Waals surface area contributed by atoms with Crippen LogP contribution in [0.15, 0.2) is 28.1 Å². The lowest BCUT2D eigenvalue weighted by molar-refractivity contribution is 0.0955. The van der Waals surface area contributed by atoms with Crippen LogP contribution in [0.1, 0.15) is 26.4 Å². The summed E-state index contributed by atoms with van der Waals surface area (Å²) >= 11 is 4.78. The van der Waals surface area contributed by atoms with Gasteiger partial charge in [-0.15, -0.1) is 11.3 Å². The van der Waals surface area contributed by atoms with Crippen molar-refractivity contribution in [3.8, 4) is 0 Å². The highest BCUT2D eigenvalue weighted by Crippen LogP contribution is 2.27. The van der Waals surface area contributed by atoms with Gasteiger partial charge in [0.05, 0.1) is 8.66 Å². The van der Waals surface area contributed by atoms with Crippen molar-refractivity contribution in [1.29, 1.82) is 0 Å². The van der Waals surface area contributed by atoms with E-state index in [-0.39, 0.29) is 11.7 Å². The van der Waals surface area contributed by atoms with E-state index in [2.05, 4.69) is 21.2 Å². The molecule has 2 aromatic rings. The molecule has 19 heavy (non-hydrogen) atoms. The number of hydrogen-bond acceptors (Lipinski definition) is 2. The number of nitrogens with one attached hydrogen (secondary N) is 1. The lowest BCUT2D eigenvalue weighted by Crippen LogP contribution is -2.21. The Morgan fingerprint density at radius 2 is 2.05 bits per heavy atom. The van der Waals surface area contributed by atoms with Gasteiger partial charge in [-0.25, -0.2) is 4.39 Å². The number of hydrogen-bond donors (Lipinski definition) is 1. The molecule has 2 nitrogen and oxygen atoms in total. The van der Waals surface area contributed by atoms with Crippen LogP contribution in [0.3, 0.4) is 0 Å². The first-order valence-corrected chi connectivity index (χ1v) is 7.37. The van der Waals surface area contributed by atoms with Crippen molar-refractivity contribution < 1.29 is 9.18 Å². The Hall–Kier alpha value is -1.20. The zero-order valence-electron chi connectivity index (χ0n) is 10.6. The van der Waals surface area contributed by atoms with E-state index in [1.807, 2.05) is 19.1 Å². The van der Waals surface area contributed by atoms with Gasteiger partial charge in [-0.3, -0.25) is 4.79 Å². The van der Waals surface area contributed by atoms with Gasteiger partial charge in [-0.1, -0.05) is 12.1 Å². The Balaban J connectivity index is 2.02. The minimum absolute atomic E-state index is 0.139. The smallest absolute Gasteiger partial charge is 0.261 e. The van der Waals surface area contributed by atoms with E-state index in [0.29, 0.717) is 17.0 Å². The van der Waals surface area contributed by atoms with Crippen molar-refractivity contribution in [1.82, 2.24) is 5.32 Å². The number of carbonyl (C=O) groups excluding carboxylic acids is 1. The first-order chi connectivity index (χ1) is 8.97.